The minimum Gasteiger partial charge on any atom is -0.357 e. The fourth-order valence-corrected chi connectivity index (χ4v) is 2.95. The van der Waals surface area contributed by atoms with Crippen LogP contribution in [0, 0.1) is 5.82 Å². The van der Waals surface area contributed by atoms with Gasteiger partial charge in [-0.2, -0.15) is 0 Å². The molecule has 0 amide bonds. The summed E-state index contributed by atoms with van der Waals surface area (Å²) in [6.07, 6.45) is 0. The Hall–Kier alpha value is -1.46. The lowest BCUT2D eigenvalue weighted by molar-refractivity contribution is 0.627. The minimum atomic E-state index is -0.214. The molecule has 0 aliphatic rings. The molecule has 5 heteroatoms. The van der Waals surface area contributed by atoms with Crippen LogP contribution in [0.5, 0.6) is 0 Å². The Labute approximate surface area is 122 Å². The van der Waals surface area contributed by atoms with Gasteiger partial charge in [-0.1, -0.05) is 39.4 Å². The normalized spacial score (nSPS) is 10.8. The Morgan fingerprint density at radius 1 is 1.16 bits per heavy atom. The summed E-state index contributed by atoms with van der Waals surface area (Å²) in [6.45, 7) is 0.640. The second-order valence-electron chi connectivity index (χ2n) is 4.11. The molecule has 1 aromatic heterocycles. The summed E-state index contributed by atoms with van der Waals surface area (Å²) in [5, 5.41) is 4.13. The van der Waals surface area contributed by atoms with Gasteiger partial charge in [0.1, 0.15) is 5.82 Å². The molecule has 0 bridgehead atoms. The van der Waals surface area contributed by atoms with Gasteiger partial charge < -0.3 is 5.32 Å². The zero-order chi connectivity index (χ0) is 13.2. The van der Waals surface area contributed by atoms with Gasteiger partial charge in [-0.3, -0.25) is 0 Å². The first-order valence-corrected chi connectivity index (χ1v) is 7.36. The summed E-state index contributed by atoms with van der Waals surface area (Å²) in [5.41, 5.74) is 2.00. The van der Waals surface area contributed by atoms with Gasteiger partial charge in [-0.25, -0.2) is 9.37 Å². The molecular formula is C14H10BrFN2S. The van der Waals surface area contributed by atoms with E-state index in [1.807, 2.05) is 18.2 Å². The lowest BCUT2D eigenvalue weighted by atomic mass is 10.2. The number of fused-ring (bicyclic) bond motifs is 1. The molecule has 0 fully saturated rings. The zero-order valence-electron chi connectivity index (χ0n) is 9.86. The maximum Gasteiger partial charge on any atom is 0.184 e. The van der Waals surface area contributed by atoms with Crippen LogP contribution in [0.3, 0.4) is 0 Å². The minimum absolute atomic E-state index is 0.214. The van der Waals surface area contributed by atoms with Gasteiger partial charge in [0.25, 0.3) is 0 Å². The number of anilines is 1. The number of thiazole rings is 1. The van der Waals surface area contributed by atoms with Crippen molar-refractivity contribution in [2.45, 2.75) is 6.54 Å². The molecule has 1 N–H and O–H groups in total. The van der Waals surface area contributed by atoms with Crippen LogP contribution in [0.4, 0.5) is 9.52 Å². The monoisotopic (exact) mass is 336 g/mol. The number of nitrogens with one attached hydrogen (secondary N) is 1. The first kappa shape index (κ1) is 12.6. The molecule has 3 rings (SSSR count). The van der Waals surface area contributed by atoms with Crippen LogP contribution in [-0.4, -0.2) is 4.98 Å². The predicted molar refractivity (Wildman–Crippen MR) is 81.0 cm³/mol. The van der Waals surface area contributed by atoms with Gasteiger partial charge in [-0.05, 0) is 35.9 Å². The van der Waals surface area contributed by atoms with E-state index >= 15 is 0 Å². The molecule has 0 saturated carbocycles. The van der Waals surface area contributed by atoms with Crippen LogP contribution in [0.15, 0.2) is 46.9 Å². The third kappa shape index (κ3) is 2.93. The number of benzene rings is 2. The fraction of sp³-hybridized carbons (Fsp3) is 0.0714. The van der Waals surface area contributed by atoms with E-state index in [1.165, 1.54) is 12.1 Å². The number of hydrogen-bond donors (Lipinski definition) is 1. The molecule has 0 spiro atoms. The number of aromatic nitrogens is 1. The second kappa shape index (κ2) is 5.27. The lowest BCUT2D eigenvalue weighted by Crippen LogP contribution is -1.98. The van der Waals surface area contributed by atoms with Crippen LogP contribution in [0.2, 0.25) is 0 Å². The van der Waals surface area contributed by atoms with Crippen molar-refractivity contribution in [2.75, 3.05) is 5.32 Å². The van der Waals surface area contributed by atoms with Crippen LogP contribution >= 0.6 is 27.3 Å². The Morgan fingerprint density at radius 3 is 2.74 bits per heavy atom. The summed E-state index contributed by atoms with van der Waals surface area (Å²) in [6, 6.07) is 12.5. The van der Waals surface area contributed by atoms with E-state index in [1.54, 1.807) is 23.5 Å². The van der Waals surface area contributed by atoms with Crippen molar-refractivity contribution in [3.05, 3.63) is 58.3 Å². The van der Waals surface area contributed by atoms with Gasteiger partial charge in [0.2, 0.25) is 0 Å². The maximum absolute atomic E-state index is 12.8. The average molecular weight is 337 g/mol. The second-order valence-corrected chi connectivity index (χ2v) is 6.06. The highest BCUT2D eigenvalue weighted by molar-refractivity contribution is 9.10. The Kier molecular flexibility index (Phi) is 3.48. The molecule has 3 aromatic rings. The zero-order valence-corrected chi connectivity index (χ0v) is 12.3. The molecule has 1 heterocycles. The number of halogens is 2. The summed E-state index contributed by atoms with van der Waals surface area (Å²) >= 11 is 5.04. The molecular weight excluding hydrogens is 327 g/mol. The summed E-state index contributed by atoms with van der Waals surface area (Å²) in [7, 11) is 0. The molecule has 0 saturated heterocycles. The Morgan fingerprint density at radius 2 is 1.95 bits per heavy atom. The largest absolute Gasteiger partial charge is 0.357 e. The highest BCUT2D eigenvalue weighted by Gasteiger charge is 2.04. The predicted octanol–water partition coefficient (Wildman–Crippen LogP) is 4.81. The third-order valence-corrected chi connectivity index (χ3v) is 4.19. The summed E-state index contributed by atoms with van der Waals surface area (Å²) in [5.74, 6) is -0.214. The molecule has 2 aromatic carbocycles. The lowest BCUT2D eigenvalue weighted by Gasteiger charge is -2.02. The highest BCUT2D eigenvalue weighted by atomic mass is 79.9. The molecule has 0 aliphatic carbocycles. The number of rotatable bonds is 3. The van der Waals surface area contributed by atoms with Crippen molar-refractivity contribution in [3.63, 3.8) is 0 Å². The van der Waals surface area contributed by atoms with Crippen molar-refractivity contribution >= 4 is 42.6 Å². The van der Waals surface area contributed by atoms with Crippen molar-refractivity contribution in [1.29, 1.82) is 0 Å². The van der Waals surface area contributed by atoms with Crippen LogP contribution in [0.25, 0.3) is 10.2 Å². The number of hydrogen-bond acceptors (Lipinski definition) is 3. The molecule has 96 valence electrons. The van der Waals surface area contributed by atoms with E-state index < -0.39 is 0 Å². The highest BCUT2D eigenvalue weighted by Crippen LogP contribution is 2.28. The van der Waals surface area contributed by atoms with Gasteiger partial charge in [-0.15, -0.1) is 0 Å². The van der Waals surface area contributed by atoms with Crippen LogP contribution in [-0.2, 0) is 6.54 Å². The topological polar surface area (TPSA) is 24.9 Å². The van der Waals surface area contributed by atoms with E-state index in [9.17, 15) is 4.39 Å². The fourth-order valence-electron chi connectivity index (χ4n) is 1.76. The SMILES string of the molecule is Fc1ccc(CNc2nc3cc(Br)ccc3s2)cc1. The Balaban J connectivity index is 1.76. The standard InChI is InChI=1S/C14H10BrFN2S/c15-10-3-6-13-12(7-10)18-14(19-13)17-8-9-1-4-11(16)5-2-9/h1-7H,8H2,(H,17,18). The first-order chi connectivity index (χ1) is 9.20. The van der Waals surface area contributed by atoms with Gasteiger partial charge in [0.05, 0.1) is 10.2 Å². The van der Waals surface area contributed by atoms with Crippen molar-refractivity contribution in [2.24, 2.45) is 0 Å². The number of nitrogens with zero attached hydrogens (tertiary/aromatic N) is 1. The maximum atomic E-state index is 12.8. The van der Waals surface area contributed by atoms with Crippen LogP contribution in [0.1, 0.15) is 5.56 Å². The first-order valence-electron chi connectivity index (χ1n) is 5.75. The molecule has 0 unspecified atom stereocenters. The summed E-state index contributed by atoms with van der Waals surface area (Å²) in [4.78, 5) is 4.51. The van der Waals surface area contributed by atoms with Crippen LogP contribution < -0.4 is 5.32 Å². The van der Waals surface area contributed by atoms with Crippen molar-refractivity contribution in [3.8, 4) is 0 Å². The van der Waals surface area contributed by atoms with E-state index in [0.29, 0.717) is 6.54 Å². The Bertz CT molecular complexity index is 709. The average Bonchev–Trinajstić information content (AvgIpc) is 2.80. The van der Waals surface area contributed by atoms with Gasteiger partial charge in [0.15, 0.2) is 5.13 Å². The third-order valence-electron chi connectivity index (χ3n) is 2.71. The van der Waals surface area contributed by atoms with Gasteiger partial charge in [0, 0.05) is 11.0 Å². The molecule has 0 aliphatic heterocycles. The van der Waals surface area contributed by atoms with Crippen molar-refractivity contribution < 1.29 is 4.39 Å². The molecule has 19 heavy (non-hydrogen) atoms. The molecule has 0 atom stereocenters. The molecule has 2 nitrogen and oxygen atoms in total. The van der Waals surface area contributed by atoms with Gasteiger partial charge >= 0.3 is 0 Å². The van der Waals surface area contributed by atoms with E-state index in [2.05, 4.69) is 26.2 Å². The summed E-state index contributed by atoms with van der Waals surface area (Å²) < 4.78 is 15.0. The van der Waals surface area contributed by atoms with Crippen molar-refractivity contribution in [1.82, 2.24) is 4.98 Å². The van der Waals surface area contributed by atoms with E-state index in [4.69, 9.17) is 0 Å². The van der Waals surface area contributed by atoms with E-state index in [-0.39, 0.29) is 5.82 Å². The quantitative estimate of drug-likeness (QED) is 0.742. The van der Waals surface area contributed by atoms with E-state index in [0.717, 1.165) is 25.4 Å². The molecule has 0 radical (unpaired) electrons. The smallest absolute Gasteiger partial charge is 0.184 e.